The third kappa shape index (κ3) is 3.26. The Morgan fingerprint density at radius 1 is 0.794 bits per heavy atom. The van der Waals surface area contributed by atoms with Crippen LogP contribution in [0.3, 0.4) is 0 Å². The summed E-state index contributed by atoms with van der Waals surface area (Å²) in [5.74, 6) is 3.90. The molecule has 1 nitrogen and oxygen atoms in total. The molecule has 34 heavy (non-hydrogen) atoms. The lowest BCUT2D eigenvalue weighted by molar-refractivity contribution is -0.147. The Hall–Kier alpha value is -0.0400. The van der Waals surface area contributed by atoms with Gasteiger partial charge >= 0.3 is 0 Å². The highest BCUT2D eigenvalue weighted by Gasteiger charge is 2.80. The zero-order chi connectivity index (χ0) is 26.5. The van der Waals surface area contributed by atoms with Crippen molar-refractivity contribution in [1.82, 2.24) is 0 Å². The van der Waals surface area contributed by atoms with Gasteiger partial charge in [-0.25, -0.2) is 0 Å². The lowest BCUT2D eigenvalue weighted by atomic mass is 9.41. The Morgan fingerprint density at radius 3 is 1.85 bits per heavy atom. The van der Waals surface area contributed by atoms with Gasteiger partial charge in [0.2, 0.25) is 0 Å². The van der Waals surface area contributed by atoms with E-state index in [1.165, 1.54) is 51.4 Å². The highest BCUT2D eigenvalue weighted by Crippen LogP contribution is 2.83. The minimum absolute atomic E-state index is 0.00422. The van der Waals surface area contributed by atoms with E-state index in [1.807, 2.05) is 27.7 Å². The monoisotopic (exact) mass is 476 g/mol. The normalized spacial score (nSPS) is 51.6. The molecule has 4 aliphatic rings. The van der Waals surface area contributed by atoms with Crippen LogP contribution in [0.5, 0.6) is 0 Å². The highest BCUT2D eigenvalue weighted by molar-refractivity contribution is 5.31. The Morgan fingerprint density at radius 2 is 1.35 bits per heavy atom. The van der Waals surface area contributed by atoms with Gasteiger partial charge < -0.3 is 5.73 Å². The summed E-state index contributed by atoms with van der Waals surface area (Å²) in [4.78, 5) is 0. The fourth-order valence-corrected chi connectivity index (χ4v) is 11.5. The maximum absolute atomic E-state index is 7.79. The van der Waals surface area contributed by atoms with Gasteiger partial charge in [-0.1, -0.05) is 110 Å². The number of nitrogens with two attached hydrogens (primary N) is 1. The SMILES string of the molecule is CC.CC.CCC(C)C1CCC2(C)C3C(C)C4(C)C(C)(C)C(CC)CCC4(C)C3(N)CCC12C. The number of hydrogen-bond donors (Lipinski definition) is 1. The zero-order valence-electron chi connectivity index (χ0n) is 26.1. The molecule has 10 atom stereocenters. The fourth-order valence-electron chi connectivity index (χ4n) is 11.5. The molecule has 0 aromatic carbocycles. The number of hydrogen-bond acceptors (Lipinski definition) is 1. The summed E-state index contributed by atoms with van der Waals surface area (Å²) in [6.45, 7) is 34.0. The molecule has 2 N–H and O–H groups in total. The first-order valence-corrected chi connectivity index (χ1v) is 15.5. The van der Waals surface area contributed by atoms with Crippen LogP contribution in [0.25, 0.3) is 0 Å². The Kier molecular flexibility index (Phi) is 8.60. The molecule has 0 aromatic rings. The molecule has 0 spiro atoms. The molecule has 10 unspecified atom stereocenters. The lowest BCUT2D eigenvalue weighted by Gasteiger charge is -2.65. The van der Waals surface area contributed by atoms with E-state index in [1.54, 1.807) is 0 Å². The van der Waals surface area contributed by atoms with E-state index in [9.17, 15) is 0 Å². The molecule has 4 saturated carbocycles. The molecule has 1 heteroatoms. The quantitative estimate of drug-likeness (QED) is 0.431. The molecular weight excluding hydrogens is 410 g/mol. The summed E-state index contributed by atoms with van der Waals surface area (Å²) in [6, 6.07) is 0. The number of fused-ring (bicyclic) bond motifs is 5. The summed E-state index contributed by atoms with van der Waals surface area (Å²) in [5.41, 5.74) is 9.53. The maximum Gasteiger partial charge on any atom is 0.0251 e. The van der Waals surface area contributed by atoms with Gasteiger partial charge in [0, 0.05) is 5.54 Å². The smallest absolute Gasteiger partial charge is 0.0251 e. The maximum atomic E-state index is 7.79. The van der Waals surface area contributed by atoms with Gasteiger partial charge in [0.05, 0.1) is 0 Å². The molecule has 0 saturated heterocycles. The summed E-state index contributed by atoms with van der Waals surface area (Å²) in [5, 5.41) is 0. The molecule has 0 aromatic heterocycles. The van der Waals surface area contributed by atoms with E-state index in [0.29, 0.717) is 33.5 Å². The molecule has 0 heterocycles. The molecule has 4 fully saturated rings. The molecule has 0 bridgehead atoms. The van der Waals surface area contributed by atoms with Crippen molar-refractivity contribution < 1.29 is 0 Å². The largest absolute Gasteiger partial charge is 0.324 e. The van der Waals surface area contributed by atoms with E-state index in [4.69, 9.17) is 5.73 Å². The second-order valence-corrected chi connectivity index (χ2v) is 14.1. The van der Waals surface area contributed by atoms with Crippen molar-refractivity contribution in [2.24, 2.45) is 62.4 Å². The minimum atomic E-state index is -0.00422. The van der Waals surface area contributed by atoms with Crippen LogP contribution in [0.1, 0.15) is 148 Å². The third-order valence-corrected chi connectivity index (χ3v) is 14.2. The van der Waals surface area contributed by atoms with Crippen molar-refractivity contribution in [3.05, 3.63) is 0 Å². The molecular formula is C33H65N. The van der Waals surface area contributed by atoms with Crippen molar-refractivity contribution >= 4 is 0 Å². The Labute approximate surface area is 216 Å². The van der Waals surface area contributed by atoms with Crippen LogP contribution in [0.4, 0.5) is 0 Å². The van der Waals surface area contributed by atoms with Crippen molar-refractivity contribution in [1.29, 1.82) is 0 Å². The van der Waals surface area contributed by atoms with Crippen LogP contribution in [-0.4, -0.2) is 5.54 Å². The molecule has 4 rings (SSSR count). The van der Waals surface area contributed by atoms with E-state index >= 15 is 0 Å². The van der Waals surface area contributed by atoms with Gasteiger partial charge in [-0.15, -0.1) is 0 Å². The third-order valence-electron chi connectivity index (χ3n) is 14.2. The van der Waals surface area contributed by atoms with Crippen LogP contribution in [0.15, 0.2) is 0 Å². The van der Waals surface area contributed by atoms with Crippen molar-refractivity contribution in [3.63, 3.8) is 0 Å². The lowest BCUT2D eigenvalue weighted by Crippen LogP contribution is -2.67. The van der Waals surface area contributed by atoms with Crippen LogP contribution < -0.4 is 5.73 Å². The number of rotatable bonds is 3. The van der Waals surface area contributed by atoms with Gasteiger partial charge in [0.25, 0.3) is 0 Å². The first-order chi connectivity index (χ1) is 15.7. The minimum Gasteiger partial charge on any atom is -0.324 e. The standard InChI is InChI=1S/C29H53N.2C2H6/c1-11-19(3)22-14-15-26(8)23-20(4)28(10)24(5,6)21(12-2)13-16-27(28,9)29(23,30)18-17-25(22,26)7;2*1-2/h19-23H,11-18,30H2,1-10H3;2*1-2H3. The van der Waals surface area contributed by atoms with E-state index in [-0.39, 0.29) is 11.0 Å². The Bertz CT molecular complexity index is 697. The van der Waals surface area contributed by atoms with Gasteiger partial charge in [0.15, 0.2) is 0 Å². The highest BCUT2D eigenvalue weighted by atomic mass is 15.0. The van der Waals surface area contributed by atoms with Gasteiger partial charge in [0.1, 0.15) is 0 Å². The van der Waals surface area contributed by atoms with Gasteiger partial charge in [-0.3, -0.25) is 0 Å². The van der Waals surface area contributed by atoms with Crippen LogP contribution in [-0.2, 0) is 0 Å². The molecule has 4 aliphatic carbocycles. The van der Waals surface area contributed by atoms with Crippen molar-refractivity contribution in [2.75, 3.05) is 0 Å². The van der Waals surface area contributed by atoms with E-state index in [2.05, 4.69) is 69.2 Å². The summed E-state index contributed by atoms with van der Waals surface area (Å²) >= 11 is 0. The zero-order valence-corrected chi connectivity index (χ0v) is 26.1. The summed E-state index contributed by atoms with van der Waals surface area (Å²) in [7, 11) is 0. The van der Waals surface area contributed by atoms with Crippen LogP contribution in [0, 0.1) is 56.7 Å². The molecule has 202 valence electrons. The average Bonchev–Trinajstić information content (AvgIpc) is 3.17. The summed E-state index contributed by atoms with van der Waals surface area (Å²) < 4.78 is 0. The van der Waals surface area contributed by atoms with Gasteiger partial charge in [-0.05, 0) is 95.2 Å². The van der Waals surface area contributed by atoms with E-state index < -0.39 is 0 Å². The Balaban J connectivity index is 0.000000970. The van der Waals surface area contributed by atoms with Crippen LogP contribution >= 0.6 is 0 Å². The fraction of sp³-hybridized carbons (Fsp3) is 1.00. The molecule has 0 radical (unpaired) electrons. The van der Waals surface area contributed by atoms with E-state index in [0.717, 1.165) is 17.8 Å². The van der Waals surface area contributed by atoms with Gasteiger partial charge in [-0.2, -0.15) is 0 Å². The second-order valence-electron chi connectivity index (χ2n) is 14.1. The summed E-state index contributed by atoms with van der Waals surface area (Å²) in [6.07, 6.45) is 10.8. The average molecular weight is 476 g/mol. The molecule has 0 aliphatic heterocycles. The predicted octanol–water partition coefficient (Wildman–Crippen LogP) is 10.1. The predicted molar refractivity (Wildman–Crippen MR) is 153 cm³/mol. The van der Waals surface area contributed by atoms with Crippen molar-refractivity contribution in [2.45, 2.75) is 154 Å². The second kappa shape index (κ2) is 9.68. The molecule has 0 amide bonds. The van der Waals surface area contributed by atoms with Crippen molar-refractivity contribution in [3.8, 4) is 0 Å². The first-order valence-electron chi connectivity index (χ1n) is 15.5. The van der Waals surface area contributed by atoms with Crippen LogP contribution in [0.2, 0.25) is 0 Å². The topological polar surface area (TPSA) is 26.0 Å². The first kappa shape index (κ1) is 30.2.